The van der Waals surface area contributed by atoms with Crippen LogP contribution in [0.4, 0.5) is 8.78 Å². The van der Waals surface area contributed by atoms with Gasteiger partial charge in [0.2, 0.25) is 0 Å². The predicted molar refractivity (Wildman–Crippen MR) is 92.2 cm³/mol. The molecule has 0 saturated carbocycles. The number of halogens is 2. The van der Waals surface area contributed by atoms with Crippen molar-refractivity contribution in [2.24, 2.45) is 0 Å². The van der Waals surface area contributed by atoms with Crippen molar-refractivity contribution in [3.63, 3.8) is 0 Å². The van der Waals surface area contributed by atoms with E-state index in [1.807, 2.05) is 42.5 Å². The Morgan fingerprint density at radius 2 is 1.60 bits per heavy atom. The Bertz CT molecular complexity index is 870. The molecule has 1 heterocycles. The Balaban J connectivity index is 2.00. The van der Waals surface area contributed by atoms with Crippen molar-refractivity contribution in [1.82, 2.24) is 5.16 Å². The van der Waals surface area contributed by atoms with Crippen LogP contribution in [-0.4, -0.2) is 16.2 Å². The normalized spacial score (nSPS) is 12.8. The summed E-state index contributed by atoms with van der Waals surface area (Å²) in [6, 6.07) is 17.0. The minimum atomic E-state index is -3.48. The van der Waals surface area contributed by atoms with Crippen LogP contribution in [0, 0.1) is 6.92 Å². The van der Waals surface area contributed by atoms with Gasteiger partial charge in [-0.25, -0.2) is 0 Å². The third-order valence-electron chi connectivity index (χ3n) is 4.07. The van der Waals surface area contributed by atoms with Crippen LogP contribution < -0.4 is 0 Å². The van der Waals surface area contributed by atoms with E-state index in [1.54, 1.807) is 12.1 Å². The van der Waals surface area contributed by atoms with E-state index < -0.39 is 12.0 Å². The molecular weight excluding hydrogens is 324 g/mol. The number of aliphatic hydroxyl groups is 1. The van der Waals surface area contributed by atoms with Crippen LogP contribution in [-0.2, 0) is 0 Å². The molecule has 3 rings (SSSR count). The summed E-state index contributed by atoms with van der Waals surface area (Å²) in [6.07, 6.45) is -1.65. The first-order valence-electron chi connectivity index (χ1n) is 7.75. The Hall–Kier alpha value is -2.79. The zero-order chi connectivity index (χ0) is 18.0. The van der Waals surface area contributed by atoms with E-state index in [4.69, 9.17) is 4.52 Å². The molecular formula is C20H17F2NO2. The summed E-state index contributed by atoms with van der Waals surface area (Å²) in [4.78, 5) is 0. The zero-order valence-corrected chi connectivity index (χ0v) is 13.6. The molecule has 3 aromatic rings. The summed E-state index contributed by atoms with van der Waals surface area (Å²) in [5.41, 5.74) is 2.78. The van der Waals surface area contributed by atoms with Crippen LogP contribution >= 0.6 is 0 Å². The molecule has 2 aromatic carbocycles. The largest absolute Gasteiger partial charge is 0.381 e. The van der Waals surface area contributed by atoms with Crippen molar-refractivity contribution in [3.05, 3.63) is 78.5 Å². The molecule has 25 heavy (non-hydrogen) atoms. The molecule has 1 aromatic heterocycles. The lowest BCUT2D eigenvalue weighted by Gasteiger charge is -2.19. The predicted octanol–water partition coefficient (Wildman–Crippen LogP) is 5.17. The van der Waals surface area contributed by atoms with E-state index in [-0.39, 0.29) is 17.0 Å². The Morgan fingerprint density at radius 1 is 1.04 bits per heavy atom. The third kappa shape index (κ3) is 3.23. The number of alkyl halides is 2. The lowest BCUT2D eigenvalue weighted by Crippen LogP contribution is -2.24. The third-order valence-corrected chi connectivity index (χ3v) is 4.07. The van der Waals surface area contributed by atoms with Crippen LogP contribution in [0.5, 0.6) is 0 Å². The Morgan fingerprint density at radius 3 is 2.20 bits per heavy atom. The van der Waals surface area contributed by atoms with Crippen molar-refractivity contribution in [2.75, 3.05) is 0 Å². The van der Waals surface area contributed by atoms with Gasteiger partial charge in [-0.1, -0.05) is 66.3 Å². The fourth-order valence-electron chi connectivity index (χ4n) is 2.66. The fourth-order valence-corrected chi connectivity index (χ4v) is 2.66. The minimum absolute atomic E-state index is 0.0302. The maximum atomic E-state index is 13.8. The summed E-state index contributed by atoms with van der Waals surface area (Å²) < 4.78 is 32.9. The van der Waals surface area contributed by atoms with Crippen molar-refractivity contribution in [1.29, 1.82) is 0 Å². The molecule has 3 nitrogen and oxygen atoms in total. The topological polar surface area (TPSA) is 46.3 Å². The van der Waals surface area contributed by atoms with Gasteiger partial charge >= 0.3 is 0 Å². The monoisotopic (exact) mass is 341 g/mol. The molecule has 0 fully saturated rings. The van der Waals surface area contributed by atoms with Crippen LogP contribution in [0.1, 0.15) is 17.4 Å². The van der Waals surface area contributed by atoms with Gasteiger partial charge in [0.15, 0.2) is 11.9 Å². The molecule has 0 aliphatic heterocycles. The SMILES string of the molecule is C=CC(F)(F)C(O)c1c(C)noc1-c1ccc(-c2ccccc2)cc1. The number of hydrogen-bond acceptors (Lipinski definition) is 3. The zero-order valence-electron chi connectivity index (χ0n) is 13.6. The summed E-state index contributed by atoms with van der Waals surface area (Å²) in [5, 5.41) is 13.8. The smallest absolute Gasteiger partial charge is 0.295 e. The molecule has 0 spiro atoms. The number of aromatic nitrogens is 1. The van der Waals surface area contributed by atoms with Gasteiger partial charge in [0.25, 0.3) is 5.92 Å². The van der Waals surface area contributed by atoms with Crippen LogP contribution in [0.3, 0.4) is 0 Å². The highest BCUT2D eigenvalue weighted by molar-refractivity contribution is 5.70. The highest BCUT2D eigenvalue weighted by atomic mass is 19.3. The molecule has 0 bridgehead atoms. The van der Waals surface area contributed by atoms with Gasteiger partial charge in [0, 0.05) is 5.56 Å². The van der Waals surface area contributed by atoms with E-state index in [9.17, 15) is 13.9 Å². The first-order valence-corrected chi connectivity index (χ1v) is 7.75. The van der Waals surface area contributed by atoms with Gasteiger partial charge < -0.3 is 9.63 Å². The second-order valence-electron chi connectivity index (χ2n) is 5.74. The van der Waals surface area contributed by atoms with E-state index in [0.717, 1.165) is 11.1 Å². The molecule has 0 radical (unpaired) electrons. The van der Waals surface area contributed by atoms with Crippen molar-refractivity contribution < 1.29 is 18.4 Å². The first kappa shape index (κ1) is 17.0. The Kier molecular flexibility index (Phi) is 4.51. The van der Waals surface area contributed by atoms with Crippen molar-refractivity contribution >= 4 is 0 Å². The summed E-state index contributed by atoms with van der Waals surface area (Å²) in [6.45, 7) is 4.60. The molecule has 0 amide bonds. The summed E-state index contributed by atoms with van der Waals surface area (Å²) in [7, 11) is 0. The van der Waals surface area contributed by atoms with E-state index in [1.165, 1.54) is 6.92 Å². The van der Waals surface area contributed by atoms with Gasteiger partial charge in [-0.05, 0) is 24.1 Å². The molecule has 1 unspecified atom stereocenters. The number of aryl methyl sites for hydroxylation is 1. The average Bonchev–Trinajstić information content (AvgIpc) is 3.03. The molecule has 1 N–H and O–H groups in total. The second-order valence-corrected chi connectivity index (χ2v) is 5.74. The van der Waals surface area contributed by atoms with Crippen LogP contribution in [0.25, 0.3) is 22.5 Å². The van der Waals surface area contributed by atoms with Gasteiger partial charge in [0.05, 0.1) is 11.3 Å². The highest BCUT2D eigenvalue weighted by Gasteiger charge is 2.40. The standard InChI is InChI=1S/C20H17F2NO2/c1-3-20(21,22)19(24)17-13(2)23-25-18(17)16-11-9-15(10-12-16)14-7-5-4-6-8-14/h3-12,19,24H,1H2,2H3. The lowest BCUT2D eigenvalue weighted by atomic mass is 9.97. The molecule has 1 atom stereocenters. The number of benzene rings is 2. The van der Waals surface area contributed by atoms with Crippen molar-refractivity contribution in [2.45, 2.75) is 19.0 Å². The quantitative estimate of drug-likeness (QED) is 0.651. The van der Waals surface area contributed by atoms with E-state index in [2.05, 4.69) is 11.7 Å². The lowest BCUT2D eigenvalue weighted by molar-refractivity contribution is -0.0714. The minimum Gasteiger partial charge on any atom is -0.381 e. The van der Waals surface area contributed by atoms with E-state index >= 15 is 0 Å². The maximum absolute atomic E-state index is 13.8. The first-order chi connectivity index (χ1) is 11.9. The maximum Gasteiger partial charge on any atom is 0.295 e. The van der Waals surface area contributed by atoms with Gasteiger partial charge in [-0.3, -0.25) is 0 Å². The average molecular weight is 341 g/mol. The Labute approximate surface area is 144 Å². The summed E-state index contributed by atoms with van der Waals surface area (Å²) in [5.74, 6) is -3.35. The number of rotatable bonds is 5. The fraction of sp³-hybridized carbons (Fsp3) is 0.150. The molecule has 0 aliphatic carbocycles. The summed E-state index contributed by atoms with van der Waals surface area (Å²) >= 11 is 0. The number of nitrogens with zero attached hydrogens (tertiary/aromatic N) is 1. The van der Waals surface area contributed by atoms with Crippen LogP contribution in [0.15, 0.2) is 71.8 Å². The molecule has 128 valence electrons. The molecule has 0 saturated heterocycles. The van der Waals surface area contributed by atoms with Crippen LogP contribution in [0.2, 0.25) is 0 Å². The second kappa shape index (κ2) is 6.61. The molecule has 5 heteroatoms. The highest BCUT2D eigenvalue weighted by Crippen LogP contribution is 2.39. The molecule has 0 aliphatic rings. The number of aliphatic hydroxyl groups excluding tert-OH is 1. The van der Waals surface area contributed by atoms with Gasteiger partial charge in [-0.15, -0.1) is 0 Å². The van der Waals surface area contributed by atoms with Crippen molar-refractivity contribution in [3.8, 4) is 22.5 Å². The number of hydrogen-bond donors (Lipinski definition) is 1. The van der Waals surface area contributed by atoms with E-state index in [0.29, 0.717) is 11.6 Å². The van der Waals surface area contributed by atoms with Gasteiger partial charge in [0.1, 0.15) is 0 Å². The van der Waals surface area contributed by atoms with Gasteiger partial charge in [-0.2, -0.15) is 8.78 Å².